The van der Waals surface area contributed by atoms with Crippen molar-refractivity contribution in [3.05, 3.63) is 48.0 Å². The molecule has 2 fully saturated rings. The van der Waals surface area contributed by atoms with E-state index in [-0.39, 0.29) is 11.8 Å². The summed E-state index contributed by atoms with van der Waals surface area (Å²) in [6.07, 6.45) is 3.67. The third kappa shape index (κ3) is 5.61. The molecule has 162 valence electrons. The summed E-state index contributed by atoms with van der Waals surface area (Å²) in [6, 6.07) is 15.3. The maximum atomic E-state index is 12.9. The summed E-state index contributed by atoms with van der Waals surface area (Å²) in [4.78, 5) is 18.0. The van der Waals surface area contributed by atoms with Gasteiger partial charge in [0.25, 0.3) is 0 Å². The maximum absolute atomic E-state index is 12.9. The van der Waals surface area contributed by atoms with Gasteiger partial charge in [-0.3, -0.25) is 9.69 Å². The number of nitrogens with one attached hydrogen (secondary N) is 1. The Morgan fingerprint density at radius 3 is 2.57 bits per heavy atom. The molecule has 0 spiro atoms. The van der Waals surface area contributed by atoms with Gasteiger partial charge in [-0.2, -0.15) is 0 Å². The fourth-order valence-corrected chi connectivity index (χ4v) is 5.13. The molecule has 2 heterocycles. The lowest BCUT2D eigenvalue weighted by molar-refractivity contribution is -0.127. The molecule has 2 aromatic carbocycles. The topological polar surface area (TPSA) is 35.6 Å². The summed E-state index contributed by atoms with van der Waals surface area (Å²) in [6.45, 7) is 11.6. The quantitative estimate of drug-likeness (QED) is 0.749. The van der Waals surface area contributed by atoms with E-state index >= 15 is 0 Å². The largest absolute Gasteiger partial charge is 0.356 e. The van der Waals surface area contributed by atoms with Crippen molar-refractivity contribution in [3.63, 3.8) is 0 Å². The van der Waals surface area contributed by atoms with E-state index in [0.29, 0.717) is 11.8 Å². The molecule has 4 rings (SSSR count). The molecule has 0 bridgehead atoms. The van der Waals surface area contributed by atoms with Gasteiger partial charge in [0.15, 0.2) is 0 Å². The number of nitrogens with zero attached hydrogens (tertiary/aromatic N) is 2. The molecule has 2 atom stereocenters. The zero-order valence-electron chi connectivity index (χ0n) is 18.6. The number of fused-ring (bicyclic) bond motifs is 1. The molecule has 1 amide bonds. The number of piperidine rings is 1. The van der Waals surface area contributed by atoms with Crippen LogP contribution < -0.4 is 5.32 Å². The van der Waals surface area contributed by atoms with Crippen LogP contribution in [0.4, 0.5) is 0 Å². The highest BCUT2D eigenvalue weighted by Crippen LogP contribution is 2.26. The van der Waals surface area contributed by atoms with Gasteiger partial charge in [-0.1, -0.05) is 50.2 Å². The Morgan fingerprint density at radius 1 is 1.03 bits per heavy atom. The lowest BCUT2D eigenvalue weighted by Gasteiger charge is -2.38. The van der Waals surface area contributed by atoms with Crippen LogP contribution in [0.1, 0.15) is 38.7 Å². The Kier molecular flexibility index (Phi) is 7.06. The van der Waals surface area contributed by atoms with Crippen molar-refractivity contribution in [1.82, 2.24) is 15.1 Å². The van der Waals surface area contributed by atoms with Crippen LogP contribution in [0.3, 0.4) is 0 Å². The molecule has 1 N–H and O–H groups in total. The molecule has 0 aliphatic carbocycles. The molecule has 0 unspecified atom stereocenters. The number of amides is 1. The van der Waals surface area contributed by atoms with E-state index in [2.05, 4.69) is 71.4 Å². The van der Waals surface area contributed by atoms with Gasteiger partial charge in [0.05, 0.1) is 5.92 Å². The van der Waals surface area contributed by atoms with Gasteiger partial charge in [0.1, 0.15) is 0 Å². The fourth-order valence-electron chi connectivity index (χ4n) is 5.13. The second kappa shape index (κ2) is 9.93. The average molecular weight is 408 g/mol. The minimum atomic E-state index is 0.102. The normalized spacial score (nSPS) is 23.3. The van der Waals surface area contributed by atoms with Crippen LogP contribution in [-0.2, 0) is 11.3 Å². The van der Waals surface area contributed by atoms with Crippen molar-refractivity contribution >= 4 is 16.7 Å². The van der Waals surface area contributed by atoms with Crippen molar-refractivity contribution in [3.8, 4) is 0 Å². The maximum Gasteiger partial charge on any atom is 0.224 e. The van der Waals surface area contributed by atoms with E-state index in [0.717, 1.165) is 39.1 Å². The molecule has 4 nitrogen and oxygen atoms in total. The molecule has 0 saturated carbocycles. The van der Waals surface area contributed by atoms with Gasteiger partial charge in [-0.25, -0.2) is 0 Å². The minimum absolute atomic E-state index is 0.102. The Hall–Kier alpha value is -1.91. The van der Waals surface area contributed by atoms with Gasteiger partial charge in [-0.05, 0) is 66.6 Å². The summed E-state index contributed by atoms with van der Waals surface area (Å²) in [7, 11) is 0. The summed E-state index contributed by atoms with van der Waals surface area (Å²) in [5, 5.41) is 5.78. The zero-order valence-corrected chi connectivity index (χ0v) is 18.6. The first kappa shape index (κ1) is 21.3. The number of benzene rings is 2. The minimum Gasteiger partial charge on any atom is -0.356 e. The van der Waals surface area contributed by atoms with Gasteiger partial charge >= 0.3 is 0 Å². The first-order valence-electron chi connectivity index (χ1n) is 11.8. The van der Waals surface area contributed by atoms with E-state index < -0.39 is 0 Å². The number of rotatable bonds is 7. The predicted octanol–water partition coefficient (Wildman–Crippen LogP) is 4.15. The molecule has 2 saturated heterocycles. The molecule has 2 aliphatic rings. The van der Waals surface area contributed by atoms with Crippen molar-refractivity contribution in [2.45, 2.75) is 39.7 Å². The first-order valence-corrected chi connectivity index (χ1v) is 11.8. The lowest BCUT2D eigenvalue weighted by atomic mass is 9.87. The van der Waals surface area contributed by atoms with E-state index in [1.165, 1.54) is 42.3 Å². The number of hydrogen-bond acceptors (Lipinski definition) is 3. The number of hydrogen-bond donors (Lipinski definition) is 1. The second-order valence-electron chi connectivity index (χ2n) is 9.82. The van der Waals surface area contributed by atoms with Crippen LogP contribution in [0, 0.1) is 17.8 Å². The molecule has 30 heavy (non-hydrogen) atoms. The fraction of sp³-hybridized carbons (Fsp3) is 0.577. The summed E-state index contributed by atoms with van der Waals surface area (Å²) >= 11 is 0. The Morgan fingerprint density at radius 2 is 1.80 bits per heavy atom. The molecule has 2 aromatic rings. The lowest BCUT2D eigenvalue weighted by Crippen LogP contribution is -2.48. The Bertz CT molecular complexity index is 843. The van der Waals surface area contributed by atoms with Crippen LogP contribution in [-0.4, -0.2) is 55.0 Å². The molecular weight excluding hydrogens is 370 g/mol. The molecule has 0 aromatic heterocycles. The second-order valence-corrected chi connectivity index (χ2v) is 9.82. The standard InChI is InChI=1S/C26H37N3O/c1-20(2)15-27-26(30)25-14-22(17-28-11-5-6-12-28)18-29(19-25)16-21-9-10-23-7-3-4-8-24(23)13-21/h3-4,7-10,13,20,22,25H,5-6,11-12,14-19H2,1-2H3,(H,27,30)/t22-,25-/m1/s1. The van der Waals surface area contributed by atoms with Gasteiger partial charge < -0.3 is 10.2 Å². The first-order chi connectivity index (χ1) is 14.6. The van der Waals surface area contributed by atoms with E-state index in [1.807, 2.05) is 0 Å². The number of likely N-dealkylation sites (tertiary alicyclic amines) is 2. The van der Waals surface area contributed by atoms with Crippen molar-refractivity contribution in [1.29, 1.82) is 0 Å². The highest BCUT2D eigenvalue weighted by atomic mass is 16.1. The van der Waals surface area contributed by atoms with Crippen LogP contribution in [0.5, 0.6) is 0 Å². The predicted molar refractivity (Wildman–Crippen MR) is 124 cm³/mol. The number of carbonyl (C=O) groups excluding carboxylic acids is 1. The zero-order chi connectivity index (χ0) is 20.9. The summed E-state index contributed by atoms with van der Waals surface area (Å²) < 4.78 is 0. The van der Waals surface area contributed by atoms with Gasteiger partial charge in [0.2, 0.25) is 5.91 Å². The summed E-state index contributed by atoms with van der Waals surface area (Å²) in [5.41, 5.74) is 1.34. The van der Waals surface area contributed by atoms with Crippen LogP contribution in [0.15, 0.2) is 42.5 Å². The Labute approximate surface area is 181 Å². The smallest absolute Gasteiger partial charge is 0.224 e. The third-order valence-electron chi connectivity index (χ3n) is 6.60. The van der Waals surface area contributed by atoms with Crippen molar-refractivity contribution in [2.24, 2.45) is 17.8 Å². The molecule has 0 radical (unpaired) electrons. The molecule has 2 aliphatic heterocycles. The SMILES string of the molecule is CC(C)CNC(=O)[C@@H]1C[C@H](CN2CCCC2)CN(Cc2ccc3ccccc3c2)C1. The summed E-state index contributed by atoms with van der Waals surface area (Å²) in [5.74, 6) is 1.42. The Balaban J connectivity index is 1.45. The highest BCUT2D eigenvalue weighted by Gasteiger charge is 2.32. The third-order valence-corrected chi connectivity index (χ3v) is 6.60. The van der Waals surface area contributed by atoms with Crippen LogP contribution in [0.25, 0.3) is 10.8 Å². The van der Waals surface area contributed by atoms with Gasteiger partial charge in [0, 0.05) is 32.7 Å². The van der Waals surface area contributed by atoms with E-state index in [1.54, 1.807) is 0 Å². The average Bonchev–Trinajstić information content (AvgIpc) is 3.24. The van der Waals surface area contributed by atoms with Crippen LogP contribution >= 0.6 is 0 Å². The molecule has 4 heteroatoms. The highest BCUT2D eigenvalue weighted by molar-refractivity contribution is 5.83. The van der Waals surface area contributed by atoms with E-state index in [9.17, 15) is 4.79 Å². The molecular formula is C26H37N3O. The van der Waals surface area contributed by atoms with E-state index in [4.69, 9.17) is 0 Å². The van der Waals surface area contributed by atoms with Crippen molar-refractivity contribution in [2.75, 3.05) is 39.3 Å². The van der Waals surface area contributed by atoms with Crippen LogP contribution in [0.2, 0.25) is 0 Å². The van der Waals surface area contributed by atoms with Gasteiger partial charge in [-0.15, -0.1) is 0 Å². The van der Waals surface area contributed by atoms with Crippen molar-refractivity contribution < 1.29 is 4.79 Å². The monoisotopic (exact) mass is 407 g/mol. The number of carbonyl (C=O) groups is 1.